The zero-order valence-corrected chi connectivity index (χ0v) is 17.4. The number of ether oxygens (including phenoxy) is 1. The molecule has 144 valence electrons. The Bertz CT molecular complexity index is 778. The molecule has 1 unspecified atom stereocenters. The van der Waals surface area contributed by atoms with Crippen molar-refractivity contribution >= 4 is 47.0 Å². The number of thioether (sulfide) groups is 2. The van der Waals surface area contributed by atoms with E-state index in [0.717, 1.165) is 5.56 Å². The van der Waals surface area contributed by atoms with Crippen LogP contribution < -0.4 is 5.32 Å². The summed E-state index contributed by atoms with van der Waals surface area (Å²) in [7, 11) is 1.29. The van der Waals surface area contributed by atoms with Crippen LogP contribution in [0.5, 0.6) is 0 Å². The van der Waals surface area contributed by atoms with Gasteiger partial charge in [-0.1, -0.05) is 53.7 Å². The van der Waals surface area contributed by atoms with Gasteiger partial charge in [0, 0.05) is 5.75 Å². The Labute approximate surface area is 171 Å². The second kappa shape index (κ2) is 11.2. The largest absolute Gasteiger partial charge is 0.467 e. The number of halogens is 1. The molecule has 0 saturated carbocycles. The minimum atomic E-state index is -0.749. The van der Waals surface area contributed by atoms with Crippen LogP contribution in [0.1, 0.15) is 22.5 Å². The van der Waals surface area contributed by atoms with E-state index in [0.29, 0.717) is 23.1 Å². The molecule has 1 aromatic heterocycles. The van der Waals surface area contributed by atoms with Crippen LogP contribution in [0.2, 0.25) is 5.02 Å². The second-order valence-electron chi connectivity index (χ2n) is 5.45. The number of hydrogen-bond acceptors (Lipinski definition) is 7. The summed E-state index contributed by atoms with van der Waals surface area (Å²) in [6.07, 6.45) is 3.78. The number of methoxy groups -OCH3 is 1. The van der Waals surface area contributed by atoms with Gasteiger partial charge in [0.05, 0.1) is 18.3 Å². The molecule has 0 spiro atoms. The number of amides is 1. The molecule has 9 heteroatoms. The Balaban J connectivity index is 2.08. The van der Waals surface area contributed by atoms with Crippen molar-refractivity contribution in [3.63, 3.8) is 0 Å². The Hall–Kier alpha value is -1.77. The van der Waals surface area contributed by atoms with Gasteiger partial charge >= 0.3 is 5.97 Å². The zero-order chi connectivity index (χ0) is 19.6. The fourth-order valence-electron chi connectivity index (χ4n) is 2.16. The van der Waals surface area contributed by atoms with Gasteiger partial charge in [0.25, 0.3) is 5.91 Å². The lowest BCUT2D eigenvalue weighted by molar-refractivity contribution is -0.142. The molecule has 1 atom stereocenters. The zero-order valence-electron chi connectivity index (χ0n) is 15.0. The SMILES string of the molecule is COC(=O)C(CCSC)NC(=O)c1nc(SCc2ccccc2)ncc1Cl. The van der Waals surface area contributed by atoms with Crippen molar-refractivity contribution in [2.45, 2.75) is 23.4 Å². The number of aromatic nitrogens is 2. The van der Waals surface area contributed by atoms with Crippen molar-refractivity contribution in [1.29, 1.82) is 0 Å². The van der Waals surface area contributed by atoms with Crippen LogP contribution in [0.25, 0.3) is 0 Å². The predicted molar refractivity (Wildman–Crippen MR) is 109 cm³/mol. The third-order valence-electron chi connectivity index (χ3n) is 3.55. The summed E-state index contributed by atoms with van der Waals surface area (Å²) in [5.74, 6) is 0.347. The maximum absolute atomic E-state index is 12.6. The topological polar surface area (TPSA) is 81.2 Å². The lowest BCUT2D eigenvalue weighted by Gasteiger charge is -2.16. The second-order valence-corrected chi connectivity index (χ2v) is 7.79. The number of rotatable bonds is 9. The molecule has 1 heterocycles. The third-order valence-corrected chi connectivity index (χ3v) is 5.40. The molecule has 0 aliphatic rings. The molecule has 0 aliphatic carbocycles. The average Bonchev–Trinajstić information content (AvgIpc) is 2.70. The van der Waals surface area contributed by atoms with Crippen molar-refractivity contribution in [3.05, 3.63) is 52.8 Å². The van der Waals surface area contributed by atoms with Gasteiger partial charge in [-0.05, 0) is 24.0 Å². The fourth-order valence-corrected chi connectivity index (χ4v) is 3.57. The van der Waals surface area contributed by atoms with Crippen LogP contribution >= 0.6 is 35.1 Å². The minimum absolute atomic E-state index is 0.0419. The lowest BCUT2D eigenvalue weighted by Crippen LogP contribution is -2.42. The number of carbonyl (C=O) groups excluding carboxylic acids is 2. The number of nitrogens with zero attached hydrogens (tertiary/aromatic N) is 2. The van der Waals surface area contributed by atoms with Gasteiger partial charge in [-0.2, -0.15) is 11.8 Å². The number of esters is 1. The molecule has 1 N–H and O–H groups in total. The monoisotopic (exact) mass is 425 g/mol. The molecule has 1 aromatic carbocycles. The molecule has 0 bridgehead atoms. The van der Waals surface area contributed by atoms with E-state index in [-0.39, 0.29) is 10.7 Å². The summed E-state index contributed by atoms with van der Waals surface area (Å²) < 4.78 is 4.75. The number of carbonyl (C=O) groups is 2. The Morgan fingerprint density at radius 3 is 2.70 bits per heavy atom. The van der Waals surface area contributed by atoms with Crippen LogP contribution in [0.3, 0.4) is 0 Å². The number of nitrogens with one attached hydrogen (secondary N) is 1. The van der Waals surface area contributed by atoms with E-state index in [2.05, 4.69) is 15.3 Å². The van der Waals surface area contributed by atoms with Gasteiger partial charge in [-0.25, -0.2) is 14.8 Å². The Morgan fingerprint density at radius 1 is 1.30 bits per heavy atom. The van der Waals surface area contributed by atoms with Crippen LogP contribution in [-0.2, 0) is 15.3 Å². The summed E-state index contributed by atoms with van der Waals surface area (Å²) in [6, 6.07) is 9.12. The van der Waals surface area contributed by atoms with Gasteiger partial charge in [0.2, 0.25) is 0 Å². The highest BCUT2D eigenvalue weighted by Crippen LogP contribution is 2.22. The van der Waals surface area contributed by atoms with Crippen molar-refractivity contribution in [2.75, 3.05) is 19.1 Å². The summed E-state index contributed by atoms with van der Waals surface area (Å²) in [4.78, 5) is 32.9. The normalized spacial score (nSPS) is 11.7. The molecule has 27 heavy (non-hydrogen) atoms. The quantitative estimate of drug-likeness (QED) is 0.374. The number of hydrogen-bond donors (Lipinski definition) is 1. The summed E-state index contributed by atoms with van der Waals surface area (Å²) in [5, 5.41) is 3.22. The van der Waals surface area contributed by atoms with Crippen LogP contribution in [0.15, 0.2) is 41.7 Å². The van der Waals surface area contributed by atoms with Gasteiger partial charge in [0.1, 0.15) is 6.04 Å². The number of benzene rings is 1. The van der Waals surface area contributed by atoms with E-state index in [9.17, 15) is 9.59 Å². The molecular formula is C18H20ClN3O3S2. The standard InChI is InChI=1S/C18H20ClN3O3S2/c1-25-17(24)14(8-9-26-2)21-16(23)15-13(19)10-20-18(22-15)27-11-12-6-4-3-5-7-12/h3-7,10,14H,8-9,11H2,1-2H3,(H,21,23). The van der Waals surface area contributed by atoms with E-state index >= 15 is 0 Å². The van der Waals surface area contributed by atoms with Crippen molar-refractivity contribution < 1.29 is 14.3 Å². The van der Waals surface area contributed by atoms with Gasteiger partial charge in [0.15, 0.2) is 10.9 Å². The van der Waals surface area contributed by atoms with Gasteiger partial charge in [-0.15, -0.1) is 0 Å². The smallest absolute Gasteiger partial charge is 0.328 e. The third kappa shape index (κ3) is 6.71. The van der Waals surface area contributed by atoms with E-state index in [1.807, 2.05) is 36.6 Å². The molecule has 2 rings (SSSR count). The van der Waals surface area contributed by atoms with E-state index in [1.54, 1.807) is 11.8 Å². The molecule has 0 fully saturated rings. The minimum Gasteiger partial charge on any atom is -0.467 e. The van der Waals surface area contributed by atoms with Crippen molar-refractivity contribution in [2.24, 2.45) is 0 Å². The molecule has 0 saturated heterocycles. The highest BCUT2D eigenvalue weighted by Gasteiger charge is 2.24. The molecule has 1 amide bonds. The van der Waals surface area contributed by atoms with Crippen LogP contribution in [-0.4, -0.2) is 47.0 Å². The Kier molecular flexibility index (Phi) is 8.90. The first kappa shape index (κ1) is 21.5. The highest BCUT2D eigenvalue weighted by molar-refractivity contribution is 7.98. The van der Waals surface area contributed by atoms with Crippen LogP contribution in [0, 0.1) is 0 Å². The lowest BCUT2D eigenvalue weighted by atomic mass is 10.2. The summed E-state index contributed by atoms with van der Waals surface area (Å²) >= 11 is 9.07. The predicted octanol–water partition coefficient (Wildman–Crippen LogP) is 3.45. The van der Waals surface area contributed by atoms with Crippen molar-refractivity contribution in [3.8, 4) is 0 Å². The van der Waals surface area contributed by atoms with E-state index in [1.165, 1.54) is 25.1 Å². The van der Waals surface area contributed by atoms with E-state index in [4.69, 9.17) is 16.3 Å². The van der Waals surface area contributed by atoms with Gasteiger partial charge in [-0.3, -0.25) is 4.79 Å². The maximum atomic E-state index is 12.6. The van der Waals surface area contributed by atoms with Crippen LogP contribution in [0.4, 0.5) is 0 Å². The maximum Gasteiger partial charge on any atom is 0.328 e. The molecule has 2 aromatic rings. The fraction of sp³-hybridized carbons (Fsp3) is 0.333. The van der Waals surface area contributed by atoms with Crippen molar-refractivity contribution in [1.82, 2.24) is 15.3 Å². The van der Waals surface area contributed by atoms with Gasteiger partial charge < -0.3 is 10.1 Å². The Morgan fingerprint density at radius 2 is 2.04 bits per heavy atom. The average molecular weight is 426 g/mol. The highest BCUT2D eigenvalue weighted by atomic mass is 35.5. The molecule has 6 nitrogen and oxygen atoms in total. The first-order valence-corrected chi connectivity index (χ1v) is 10.9. The van der Waals surface area contributed by atoms with E-state index < -0.39 is 17.9 Å². The molecular weight excluding hydrogens is 406 g/mol. The summed E-state index contributed by atoms with van der Waals surface area (Å²) in [5.41, 5.74) is 1.16. The first-order valence-electron chi connectivity index (χ1n) is 8.12. The molecule has 0 radical (unpaired) electrons. The first-order chi connectivity index (χ1) is 13.0. The summed E-state index contributed by atoms with van der Waals surface area (Å²) in [6.45, 7) is 0. The molecule has 0 aliphatic heterocycles.